The van der Waals surface area contributed by atoms with Crippen molar-refractivity contribution in [2.45, 2.75) is 19.4 Å². The summed E-state index contributed by atoms with van der Waals surface area (Å²) >= 11 is 0. The zero-order valence-corrected chi connectivity index (χ0v) is 11.1. The van der Waals surface area contributed by atoms with Crippen LogP contribution in [0.5, 0.6) is 0 Å². The number of carbonyl (C=O) groups is 2. The standard InChI is InChI=1S/C17H16O3/c18-15-9-11-17(10-5-4-8-14(15)17)16(19)20-12-13-6-2-1-3-7-13/h1-7,9,11,14H,8,10,12H2/t14?,17-/m1/s1. The van der Waals surface area contributed by atoms with Gasteiger partial charge in [0, 0.05) is 5.92 Å². The smallest absolute Gasteiger partial charge is 0.317 e. The minimum absolute atomic E-state index is 0.0333. The van der Waals surface area contributed by atoms with Crippen LogP contribution in [0.1, 0.15) is 18.4 Å². The highest BCUT2D eigenvalue weighted by Crippen LogP contribution is 2.45. The van der Waals surface area contributed by atoms with Crippen LogP contribution < -0.4 is 0 Å². The summed E-state index contributed by atoms with van der Waals surface area (Å²) < 4.78 is 5.44. The van der Waals surface area contributed by atoms with Crippen LogP contribution in [0.2, 0.25) is 0 Å². The molecule has 0 N–H and O–H groups in total. The fourth-order valence-electron chi connectivity index (χ4n) is 2.92. The fourth-order valence-corrected chi connectivity index (χ4v) is 2.92. The second kappa shape index (κ2) is 5.08. The van der Waals surface area contributed by atoms with E-state index in [1.807, 2.05) is 42.5 Å². The number of allylic oxidation sites excluding steroid dienone is 3. The van der Waals surface area contributed by atoms with Gasteiger partial charge in [-0.3, -0.25) is 9.59 Å². The van der Waals surface area contributed by atoms with Crippen molar-refractivity contribution in [3.8, 4) is 0 Å². The topological polar surface area (TPSA) is 43.4 Å². The van der Waals surface area contributed by atoms with E-state index in [0.29, 0.717) is 12.8 Å². The largest absolute Gasteiger partial charge is 0.460 e. The minimum atomic E-state index is -0.777. The maximum Gasteiger partial charge on any atom is 0.317 e. The molecule has 0 radical (unpaired) electrons. The lowest BCUT2D eigenvalue weighted by molar-refractivity contribution is -0.158. The molecule has 3 heteroatoms. The van der Waals surface area contributed by atoms with Gasteiger partial charge in [0.15, 0.2) is 5.78 Å². The zero-order valence-electron chi connectivity index (χ0n) is 11.1. The third kappa shape index (κ3) is 2.09. The van der Waals surface area contributed by atoms with E-state index in [0.717, 1.165) is 5.56 Å². The van der Waals surface area contributed by atoms with E-state index < -0.39 is 5.41 Å². The quantitative estimate of drug-likeness (QED) is 0.625. The molecule has 0 saturated heterocycles. The predicted molar refractivity (Wildman–Crippen MR) is 74.7 cm³/mol. The number of benzene rings is 1. The first-order valence-corrected chi connectivity index (χ1v) is 6.81. The molecule has 0 spiro atoms. The van der Waals surface area contributed by atoms with Crippen LogP contribution in [0.25, 0.3) is 0 Å². The highest BCUT2D eigenvalue weighted by atomic mass is 16.5. The van der Waals surface area contributed by atoms with E-state index in [1.165, 1.54) is 6.08 Å². The van der Waals surface area contributed by atoms with Crippen LogP contribution in [0.15, 0.2) is 54.6 Å². The normalized spacial score (nSPS) is 27.4. The summed E-state index contributed by atoms with van der Waals surface area (Å²) in [5, 5.41) is 0. The number of ether oxygens (including phenoxy) is 1. The third-order valence-corrected chi connectivity index (χ3v) is 4.10. The third-order valence-electron chi connectivity index (χ3n) is 4.10. The maximum absolute atomic E-state index is 12.5. The fraction of sp³-hybridized carbons (Fsp3) is 0.294. The molecule has 3 nitrogen and oxygen atoms in total. The molecule has 1 aromatic rings. The summed E-state index contributed by atoms with van der Waals surface area (Å²) in [6.07, 6.45) is 8.36. The molecular weight excluding hydrogens is 252 g/mol. The average molecular weight is 268 g/mol. The van der Waals surface area contributed by atoms with Gasteiger partial charge in [-0.15, -0.1) is 0 Å². The monoisotopic (exact) mass is 268 g/mol. The van der Waals surface area contributed by atoms with Gasteiger partial charge in [0.1, 0.15) is 12.0 Å². The summed E-state index contributed by atoms with van der Waals surface area (Å²) in [5.74, 6) is -0.542. The van der Waals surface area contributed by atoms with Crippen LogP contribution in [0.4, 0.5) is 0 Å². The Bertz CT molecular complexity index is 586. The first-order valence-electron chi connectivity index (χ1n) is 6.81. The highest BCUT2D eigenvalue weighted by Gasteiger charge is 2.51. The van der Waals surface area contributed by atoms with Crippen molar-refractivity contribution >= 4 is 11.8 Å². The molecule has 0 fully saturated rings. The predicted octanol–water partition coefficient (Wildman–Crippen LogP) is 2.82. The lowest BCUT2D eigenvalue weighted by Gasteiger charge is -2.32. The maximum atomic E-state index is 12.5. The molecule has 0 saturated carbocycles. The molecule has 3 rings (SSSR count). The Balaban J connectivity index is 1.74. The Morgan fingerprint density at radius 1 is 1.25 bits per heavy atom. The van der Waals surface area contributed by atoms with E-state index in [4.69, 9.17) is 4.74 Å². The Morgan fingerprint density at radius 3 is 2.85 bits per heavy atom. The molecule has 0 bridgehead atoms. The summed E-state index contributed by atoms with van der Waals surface area (Å²) in [4.78, 5) is 24.3. The minimum Gasteiger partial charge on any atom is -0.460 e. The number of carbonyl (C=O) groups excluding carboxylic acids is 2. The number of ketones is 1. The summed E-state index contributed by atoms with van der Waals surface area (Å²) in [5.41, 5.74) is 0.175. The van der Waals surface area contributed by atoms with Crippen molar-refractivity contribution in [1.82, 2.24) is 0 Å². The Hall–Kier alpha value is -2.16. The molecule has 2 aliphatic carbocycles. The van der Waals surface area contributed by atoms with Gasteiger partial charge in [0.2, 0.25) is 0 Å². The van der Waals surface area contributed by atoms with E-state index in [9.17, 15) is 9.59 Å². The molecule has 20 heavy (non-hydrogen) atoms. The SMILES string of the molecule is O=C1C=C[C@]2(C(=O)OCc3ccccc3)CC=CCC12. The summed E-state index contributed by atoms with van der Waals surface area (Å²) in [6.45, 7) is 0.250. The van der Waals surface area contributed by atoms with Gasteiger partial charge >= 0.3 is 5.97 Å². The Labute approximate surface area is 117 Å². The number of hydrogen-bond acceptors (Lipinski definition) is 3. The Morgan fingerprint density at radius 2 is 2.05 bits per heavy atom. The molecular formula is C17H16O3. The van der Waals surface area contributed by atoms with Crippen LogP contribution in [-0.2, 0) is 20.9 Å². The van der Waals surface area contributed by atoms with Gasteiger partial charge in [-0.1, -0.05) is 48.6 Å². The van der Waals surface area contributed by atoms with Gasteiger partial charge in [0.25, 0.3) is 0 Å². The zero-order chi connectivity index (χ0) is 14.0. The van der Waals surface area contributed by atoms with E-state index in [-0.39, 0.29) is 24.3 Å². The van der Waals surface area contributed by atoms with Crippen molar-refractivity contribution in [2.75, 3.05) is 0 Å². The summed E-state index contributed by atoms with van der Waals surface area (Å²) in [6, 6.07) is 9.57. The van der Waals surface area contributed by atoms with Gasteiger partial charge in [-0.2, -0.15) is 0 Å². The molecule has 2 atom stereocenters. The van der Waals surface area contributed by atoms with Gasteiger partial charge in [-0.25, -0.2) is 0 Å². The Kier molecular flexibility index (Phi) is 3.26. The van der Waals surface area contributed by atoms with Gasteiger partial charge < -0.3 is 4.74 Å². The number of esters is 1. The van der Waals surface area contributed by atoms with E-state index in [2.05, 4.69) is 0 Å². The lowest BCUT2D eigenvalue weighted by Crippen LogP contribution is -2.39. The molecule has 0 aromatic heterocycles. The van der Waals surface area contributed by atoms with Gasteiger partial charge in [-0.05, 0) is 24.5 Å². The van der Waals surface area contributed by atoms with E-state index >= 15 is 0 Å². The number of rotatable bonds is 3. The van der Waals surface area contributed by atoms with Crippen LogP contribution in [0, 0.1) is 11.3 Å². The summed E-state index contributed by atoms with van der Waals surface area (Å²) in [7, 11) is 0. The average Bonchev–Trinajstić information content (AvgIpc) is 2.85. The van der Waals surface area contributed by atoms with Crippen molar-refractivity contribution in [3.63, 3.8) is 0 Å². The van der Waals surface area contributed by atoms with Crippen LogP contribution in [0.3, 0.4) is 0 Å². The lowest BCUT2D eigenvalue weighted by atomic mass is 9.71. The molecule has 102 valence electrons. The van der Waals surface area contributed by atoms with Crippen molar-refractivity contribution in [3.05, 3.63) is 60.2 Å². The van der Waals surface area contributed by atoms with E-state index in [1.54, 1.807) is 6.08 Å². The van der Waals surface area contributed by atoms with Crippen molar-refractivity contribution in [2.24, 2.45) is 11.3 Å². The molecule has 0 amide bonds. The van der Waals surface area contributed by atoms with Crippen LogP contribution in [-0.4, -0.2) is 11.8 Å². The number of fused-ring (bicyclic) bond motifs is 1. The molecule has 1 unspecified atom stereocenters. The first-order chi connectivity index (χ1) is 9.72. The number of hydrogen-bond donors (Lipinski definition) is 0. The first kappa shape index (κ1) is 12.9. The second-order valence-corrected chi connectivity index (χ2v) is 5.30. The van der Waals surface area contributed by atoms with Crippen molar-refractivity contribution in [1.29, 1.82) is 0 Å². The molecule has 1 aromatic carbocycles. The van der Waals surface area contributed by atoms with Crippen molar-refractivity contribution < 1.29 is 14.3 Å². The molecule has 0 heterocycles. The van der Waals surface area contributed by atoms with Gasteiger partial charge in [0.05, 0.1) is 0 Å². The second-order valence-electron chi connectivity index (χ2n) is 5.30. The highest BCUT2D eigenvalue weighted by molar-refractivity contribution is 6.01. The van der Waals surface area contributed by atoms with Crippen LogP contribution >= 0.6 is 0 Å². The molecule has 0 aliphatic heterocycles. The molecule has 2 aliphatic rings.